The SMILES string of the molecule is C=CCCCN(C)C(=NC)NCc1nccn1CC(C)C. The van der Waals surface area contributed by atoms with Gasteiger partial charge in [-0.3, -0.25) is 4.99 Å². The number of imidazole rings is 1. The average Bonchev–Trinajstić information content (AvgIpc) is 2.86. The molecule has 1 N–H and O–H groups in total. The minimum atomic E-state index is 0.610. The van der Waals surface area contributed by atoms with Crippen LogP contribution in [0.15, 0.2) is 30.0 Å². The summed E-state index contributed by atoms with van der Waals surface area (Å²) in [4.78, 5) is 10.9. The summed E-state index contributed by atoms with van der Waals surface area (Å²) in [6, 6.07) is 0. The molecule has 1 aromatic heterocycles. The zero-order chi connectivity index (χ0) is 15.7. The molecule has 1 aromatic rings. The lowest BCUT2D eigenvalue weighted by atomic mass is 10.2. The predicted molar refractivity (Wildman–Crippen MR) is 89.3 cm³/mol. The third-order valence-corrected chi connectivity index (χ3v) is 3.24. The third kappa shape index (κ3) is 6.02. The van der Waals surface area contributed by atoms with Crippen LogP contribution in [0.5, 0.6) is 0 Å². The molecule has 5 heteroatoms. The lowest BCUT2D eigenvalue weighted by Crippen LogP contribution is -2.39. The van der Waals surface area contributed by atoms with E-state index in [4.69, 9.17) is 0 Å². The van der Waals surface area contributed by atoms with Crippen LogP contribution in [0.1, 0.15) is 32.5 Å². The number of allylic oxidation sites excluding steroid dienone is 1. The summed E-state index contributed by atoms with van der Waals surface area (Å²) < 4.78 is 2.20. The van der Waals surface area contributed by atoms with Crippen LogP contribution in [-0.2, 0) is 13.1 Å². The second kappa shape index (κ2) is 9.21. The highest BCUT2D eigenvalue weighted by Gasteiger charge is 2.08. The molecule has 21 heavy (non-hydrogen) atoms. The highest BCUT2D eigenvalue weighted by molar-refractivity contribution is 5.79. The van der Waals surface area contributed by atoms with Gasteiger partial charge in [-0.15, -0.1) is 6.58 Å². The van der Waals surface area contributed by atoms with Gasteiger partial charge < -0.3 is 14.8 Å². The molecule has 0 aromatic carbocycles. The van der Waals surface area contributed by atoms with Crippen molar-refractivity contribution in [3.63, 3.8) is 0 Å². The number of aromatic nitrogens is 2. The Morgan fingerprint density at radius 1 is 1.57 bits per heavy atom. The number of hydrogen-bond donors (Lipinski definition) is 1. The van der Waals surface area contributed by atoms with E-state index in [9.17, 15) is 0 Å². The van der Waals surface area contributed by atoms with Gasteiger partial charge in [0.25, 0.3) is 0 Å². The van der Waals surface area contributed by atoms with E-state index in [2.05, 4.69) is 52.2 Å². The maximum Gasteiger partial charge on any atom is 0.193 e. The zero-order valence-corrected chi connectivity index (χ0v) is 13.8. The van der Waals surface area contributed by atoms with E-state index in [1.54, 1.807) is 0 Å². The first-order valence-corrected chi connectivity index (χ1v) is 7.61. The number of hydrogen-bond acceptors (Lipinski definition) is 2. The third-order valence-electron chi connectivity index (χ3n) is 3.24. The molecular formula is C16H29N5. The van der Waals surface area contributed by atoms with E-state index < -0.39 is 0 Å². The van der Waals surface area contributed by atoms with Crippen molar-refractivity contribution in [3.05, 3.63) is 30.9 Å². The van der Waals surface area contributed by atoms with Crippen LogP contribution in [0.3, 0.4) is 0 Å². The van der Waals surface area contributed by atoms with Crippen LogP contribution in [0.2, 0.25) is 0 Å². The van der Waals surface area contributed by atoms with Crippen molar-refractivity contribution in [1.29, 1.82) is 0 Å². The summed E-state index contributed by atoms with van der Waals surface area (Å²) in [6.45, 7) is 10.8. The molecule has 0 amide bonds. The smallest absolute Gasteiger partial charge is 0.193 e. The predicted octanol–water partition coefficient (Wildman–Crippen LogP) is 2.51. The Bertz CT molecular complexity index is 447. The molecule has 1 rings (SSSR count). The molecule has 0 saturated heterocycles. The van der Waals surface area contributed by atoms with Crippen molar-refractivity contribution in [2.45, 2.75) is 39.8 Å². The van der Waals surface area contributed by atoms with Crippen molar-refractivity contribution in [1.82, 2.24) is 19.8 Å². The Hall–Kier alpha value is -1.78. The van der Waals surface area contributed by atoms with E-state index in [0.29, 0.717) is 12.5 Å². The van der Waals surface area contributed by atoms with Gasteiger partial charge in [0.15, 0.2) is 5.96 Å². The largest absolute Gasteiger partial charge is 0.349 e. The molecule has 1 heterocycles. The maximum atomic E-state index is 4.42. The second-order valence-corrected chi connectivity index (χ2v) is 5.64. The number of unbranched alkanes of at least 4 members (excludes halogenated alkanes) is 1. The van der Waals surface area contributed by atoms with Crippen LogP contribution in [0.4, 0.5) is 0 Å². The number of guanidine groups is 1. The van der Waals surface area contributed by atoms with Gasteiger partial charge in [-0.2, -0.15) is 0 Å². The van der Waals surface area contributed by atoms with Gasteiger partial charge in [0.1, 0.15) is 5.82 Å². The lowest BCUT2D eigenvalue weighted by Gasteiger charge is -2.22. The summed E-state index contributed by atoms with van der Waals surface area (Å²) in [5.41, 5.74) is 0. The van der Waals surface area contributed by atoms with Gasteiger partial charge in [0.2, 0.25) is 0 Å². The molecule has 0 aliphatic rings. The molecule has 5 nitrogen and oxygen atoms in total. The molecule has 0 aliphatic carbocycles. The van der Waals surface area contributed by atoms with E-state index in [0.717, 1.165) is 37.7 Å². The van der Waals surface area contributed by atoms with Crippen LogP contribution in [0.25, 0.3) is 0 Å². The summed E-state index contributed by atoms with van der Waals surface area (Å²) >= 11 is 0. The minimum absolute atomic E-state index is 0.610. The van der Waals surface area contributed by atoms with Crippen LogP contribution in [0, 0.1) is 5.92 Å². The Kier molecular flexibility index (Phi) is 7.58. The van der Waals surface area contributed by atoms with E-state index in [-0.39, 0.29) is 0 Å². The molecular weight excluding hydrogens is 262 g/mol. The summed E-state index contributed by atoms with van der Waals surface area (Å²) in [6.07, 6.45) is 7.96. The second-order valence-electron chi connectivity index (χ2n) is 5.64. The minimum Gasteiger partial charge on any atom is -0.349 e. The van der Waals surface area contributed by atoms with Crippen molar-refractivity contribution in [2.24, 2.45) is 10.9 Å². The van der Waals surface area contributed by atoms with Gasteiger partial charge in [-0.25, -0.2) is 4.98 Å². The van der Waals surface area contributed by atoms with Gasteiger partial charge >= 0.3 is 0 Å². The average molecular weight is 291 g/mol. The van der Waals surface area contributed by atoms with Gasteiger partial charge in [-0.1, -0.05) is 19.9 Å². The lowest BCUT2D eigenvalue weighted by molar-refractivity contribution is 0.463. The Balaban J connectivity index is 2.52. The van der Waals surface area contributed by atoms with Crippen molar-refractivity contribution >= 4 is 5.96 Å². The van der Waals surface area contributed by atoms with Gasteiger partial charge in [0.05, 0.1) is 6.54 Å². The quantitative estimate of drug-likeness (QED) is 0.346. The van der Waals surface area contributed by atoms with Crippen molar-refractivity contribution in [2.75, 3.05) is 20.6 Å². The Morgan fingerprint density at radius 3 is 2.95 bits per heavy atom. The summed E-state index contributed by atoms with van der Waals surface area (Å²) in [7, 11) is 3.87. The first kappa shape index (κ1) is 17.3. The van der Waals surface area contributed by atoms with E-state index >= 15 is 0 Å². The molecule has 0 radical (unpaired) electrons. The highest BCUT2D eigenvalue weighted by atomic mass is 15.3. The molecule has 0 fully saturated rings. The molecule has 0 bridgehead atoms. The monoisotopic (exact) mass is 291 g/mol. The fourth-order valence-corrected chi connectivity index (χ4v) is 2.19. The zero-order valence-electron chi connectivity index (χ0n) is 13.8. The molecule has 0 spiro atoms. The highest BCUT2D eigenvalue weighted by Crippen LogP contribution is 2.04. The standard InChI is InChI=1S/C16H29N5/c1-6-7-8-10-20(5)16(17-4)19-12-15-18-9-11-21(15)13-14(2)3/h6,9,11,14H,1,7-8,10,12-13H2,2-5H3,(H,17,19). The first-order valence-electron chi connectivity index (χ1n) is 7.61. The van der Waals surface area contributed by atoms with Crippen LogP contribution < -0.4 is 5.32 Å². The number of rotatable bonds is 8. The first-order chi connectivity index (χ1) is 10.1. The fourth-order valence-electron chi connectivity index (χ4n) is 2.19. The van der Waals surface area contributed by atoms with Crippen molar-refractivity contribution < 1.29 is 0 Å². The normalized spacial score (nSPS) is 11.8. The molecule has 0 aliphatic heterocycles. The molecule has 118 valence electrons. The molecule has 0 unspecified atom stereocenters. The number of nitrogens with zero attached hydrogens (tertiary/aromatic N) is 4. The Morgan fingerprint density at radius 2 is 2.33 bits per heavy atom. The summed E-state index contributed by atoms with van der Waals surface area (Å²) in [5.74, 6) is 2.56. The van der Waals surface area contributed by atoms with Crippen LogP contribution >= 0.6 is 0 Å². The number of nitrogens with one attached hydrogen (secondary N) is 1. The van der Waals surface area contributed by atoms with Crippen molar-refractivity contribution in [3.8, 4) is 0 Å². The number of aliphatic imine (C=N–C) groups is 1. The van der Waals surface area contributed by atoms with E-state index in [1.165, 1.54) is 0 Å². The maximum absolute atomic E-state index is 4.42. The summed E-state index contributed by atoms with van der Waals surface area (Å²) in [5, 5.41) is 3.38. The molecule has 0 saturated carbocycles. The van der Waals surface area contributed by atoms with Gasteiger partial charge in [-0.05, 0) is 18.8 Å². The van der Waals surface area contributed by atoms with E-state index in [1.807, 2.05) is 25.5 Å². The fraction of sp³-hybridized carbons (Fsp3) is 0.625. The van der Waals surface area contributed by atoms with Crippen LogP contribution in [-0.4, -0.2) is 41.1 Å². The molecule has 0 atom stereocenters. The van der Waals surface area contributed by atoms with Gasteiger partial charge in [0, 0.05) is 39.6 Å². The Labute approximate surface area is 128 Å². The topological polar surface area (TPSA) is 45.4 Å².